The normalized spacial score (nSPS) is 16.5. The van der Waals surface area contributed by atoms with E-state index >= 15 is 0 Å². The monoisotopic (exact) mass is 443 g/mol. The van der Waals surface area contributed by atoms with Gasteiger partial charge in [0.25, 0.3) is 0 Å². The third-order valence-corrected chi connectivity index (χ3v) is 6.28. The number of rotatable bonds is 7. The molecule has 1 fully saturated rings. The Morgan fingerprint density at radius 1 is 0.933 bits per heavy atom. The lowest BCUT2D eigenvalue weighted by atomic mass is 10.1. The summed E-state index contributed by atoms with van der Waals surface area (Å²) in [5, 5.41) is 0. The zero-order valence-corrected chi connectivity index (χ0v) is 17.3. The Hall–Kier alpha value is -2.14. The molecule has 0 bridgehead atoms. The number of hydrogen-bond acceptors (Lipinski definition) is 5. The molecule has 0 spiro atoms. The lowest BCUT2D eigenvalue weighted by molar-refractivity contribution is -0.274. The van der Waals surface area contributed by atoms with E-state index in [2.05, 4.69) is 26.3 Å². The molecule has 0 atom stereocenters. The number of piperazine rings is 1. The maximum atomic E-state index is 12.4. The van der Waals surface area contributed by atoms with Crippen LogP contribution in [0.2, 0.25) is 0 Å². The second-order valence-electron chi connectivity index (χ2n) is 7.24. The van der Waals surface area contributed by atoms with Gasteiger partial charge in [0.15, 0.2) is 0 Å². The first kappa shape index (κ1) is 22.5. The average Bonchev–Trinajstić information content (AvgIpc) is 2.68. The lowest BCUT2D eigenvalue weighted by Gasteiger charge is -2.32. The van der Waals surface area contributed by atoms with Gasteiger partial charge in [0.05, 0.1) is 4.90 Å². The quantitative estimate of drug-likeness (QED) is 0.713. The summed E-state index contributed by atoms with van der Waals surface area (Å²) in [6, 6.07) is 11.8. The van der Waals surface area contributed by atoms with E-state index in [-0.39, 0.29) is 11.4 Å². The molecule has 0 amide bonds. The van der Waals surface area contributed by atoms with Crippen LogP contribution < -0.4 is 9.46 Å². The summed E-state index contributed by atoms with van der Waals surface area (Å²) in [4.78, 5) is 4.54. The Morgan fingerprint density at radius 2 is 1.50 bits per heavy atom. The molecule has 1 N–H and O–H groups in total. The minimum atomic E-state index is -4.82. The van der Waals surface area contributed by atoms with Gasteiger partial charge in [-0.15, -0.1) is 13.2 Å². The second kappa shape index (κ2) is 9.34. The predicted molar refractivity (Wildman–Crippen MR) is 106 cm³/mol. The first-order valence-electron chi connectivity index (χ1n) is 9.45. The van der Waals surface area contributed by atoms with Crippen LogP contribution in [0.1, 0.15) is 11.1 Å². The number of hydrogen-bond donors (Lipinski definition) is 1. The average molecular weight is 443 g/mol. The van der Waals surface area contributed by atoms with Gasteiger partial charge in [0, 0.05) is 39.3 Å². The first-order valence-corrected chi connectivity index (χ1v) is 10.9. The third kappa shape index (κ3) is 6.69. The number of benzene rings is 2. The van der Waals surface area contributed by atoms with E-state index in [4.69, 9.17) is 0 Å². The number of nitrogens with one attached hydrogen (secondary N) is 1. The standard InChI is InChI=1S/C20H24F3N3O3S/c1-25-10-12-26(13-11-25)15-17-4-2-16(3-5-17)14-24-30(27,28)19-8-6-18(7-9-19)29-20(21,22)23/h2-9,24H,10-15H2,1H3. The molecule has 30 heavy (non-hydrogen) atoms. The van der Waals surface area contributed by atoms with Gasteiger partial charge in [-0.05, 0) is 42.4 Å². The number of sulfonamides is 1. The summed E-state index contributed by atoms with van der Waals surface area (Å²) in [7, 11) is -1.75. The molecule has 2 aromatic carbocycles. The highest BCUT2D eigenvalue weighted by Gasteiger charge is 2.31. The number of likely N-dealkylation sites (N-methyl/N-ethyl adjacent to an activating group) is 1. The van der Waals surface area contributed by atoms with Gasteiger partial charge in [-0.3, -0.25) is 4.90 Å². The Bertz CT molecular complexity index is 925. The van der Waals surface area contributed by atoms with Crippen LogP contribution in [0.4, 0.5) is 13.2 Å². The van der Waals surface area contributed by atoms with Crippen molar-refractivity contribution in [2.75, 3.05) is 33.2 Å². The van der Waals surface area contributed by atoms with Crippen molar-refractivity contribution in [2.24, 2.45) is 0 Å². The molecule has 0 unspecified atom stereocenters. The van der Waals surface area contributed by atoms with Crippen LogP contribution in [0.25, 0.3) is 0 Å². The number of ether oxygens (including phenoxy) is 1. The first-order chi connectivity index (χ1) is 14.1. The van der Waals surface area contributed by atoms with Crippen molar-refractivity contribution in [1.29, 1.82) is 0 Å². The van der Waals surface area contributed by atoms with Crippen LogP contribution in [0.3, 0.4) is 0 Å². The van der Waals surface area contributed by atoms with Crippen molar-refractivity contribution >= 4 is 10.0 Å². The number of nitrogens with zero attached hydrogens (tertiary/aromatic N) is 2. The summed E-state index contributed by atoms with van der Waals surface area (Å²) in [6.45, 7) is 5.06. The maximum Gasteiger partial charge on any atom is 0.573 e. The van der Waals surface area contributed by atoms with Crippen LogP contribution in [-0.2, 0) is 23.1 Å². The van der Waals surface area contributed by atoms with Crippen molar-refractivity contribution in [3.63, 3.8) is 0 Å². The highest BCUT2D eigenvalue weighted by atomic mass is 32.2. The third-order valence-electron chi connectivity index (χ3n) is 4.86. The van der Waals surface area contributed by atoms with E-state index in [1.807, 2.05) is 24.3 Å². The van der Waals surface area contributed by atoms with Crippen LogP contribution in [0.15, 0.2) is 53.4 Å². The molecule has 164 valence electrons. The fraction of sp³-hybridized carbons (Fsp3) is 0.400. The van der Waals surface area contributed by atoms with Gasteiger partial charge in [-0.2, -0.15) is 0 Å². The molecular weight excluding hydrogens is 419 g/mol. The highest BCUT2D eigenvalue weighted by Crippen LogP contribution is 2.24. The molecule has 1 aliphatic heterocycles. The number of halogens is 3. The van der Waals surface area contributed by atoms with Crippen LogP contribution >= 0.6 is 0 Å². The largest absolute Gasteiger partial charge is 0.573 e. The van der Waals surface area contributed by atoms with E-state index < -0.39 is 22.1 Å². The minimum absolute atomic E-state index is 0.0813. The molecule has 1 heterocycles. The van der Waals surface area contributed by atoms with Gasteiger partial charge in [0.1, 0.15) is 5.75 Å². The molecule has 1 aliphatic rings. The van der Waals surface area contributed by atoms with E-state index in [0.29, 0.717) is 0 Å². The Labute approximate surface area is 174 Å². The maximum absolute atomic E-state index is 12.4. The van der Waals surface area contributed by atoms with Crippen molar-refractivity contribution in [3.8, 4) is 5.75 Å². The molecule has 10 heteroatoms. The van der Waals surface area contributed by atoms with E-state index in [0.717, 1.165) is 68.1 Å². The summed E-state index contributed by atoms with van der Waals surface area (Å²) >= 11 is 0. The Balaban J connectivity index is 1.54. The number of alkyl halides is 3. The SMILES string of the molecule is CN1CCN(Cc2ccc(CNS(=O)(=O)c3ccc(OC(F)(F)F)cc3)cc2)CC1. The molecule has 2 aromatic rings. The topological polar surface area (TPSA) is 61.9 Å². The fourth-order valence-electron chi connectivity index (χ4n) is 3.11. The molecule has 0 aliphatic carbocycles. The molecule has 0 radical (unpaired) electrons. The minimum Gasteiger partial charge on any atom is -0.406 e. The molecule has 3 rings (SSSR count). The molecule has 0 aromatic heterocycles. The van der Waals surface area contributed by atoms with Gasteiger partial charge in [0.2, 0.25) is 10.0 Å². The van der Waals surface area contributed by atoms with Crippen molar-refractivity contribution in [1.82, 2.24) is 14.5 Å². The Kier molecular flexibility index (Phi) is 7.02. The van der Waals surface area contributed by atoms with Crippen LogP contribution in [0, 0.1) is 0 Å². The summed E-state index contributed by atoms with van der Waals surface area (Å²) in [5.41, 5.74) is 1.95. The van der Waals surface area contributed by atoms with E-state index in [1.54, 1.807) is 0 Å². The molecular formula is C20H24F3N3O3S. The van der Waals surface area contributed by atoms with Crippen molar-refractivity contribution in [2.45, 2.75) is 24.3 Å². The van der Waals surface area contributed by atoms with Crippen LogP contribution in [0.5, 0.6) is 5.75 Å². The second-order valence-corrected chi connectivity index (χ2v) is 9.01. The van der Waals surface area contributed by atoms with E-state index in [1.165, 1.54) is 0 Å². The smallest absolute Gasteiger partial charge is 0.406 e. The van der Waals surface area contributed by atoms with Crippen LogP contribution in [-0.4, -0.2) is 57.8 Å². The summed E-state index contributed by atoms with van der Waals surface area (Å²) in [5.74, 6) is -0.475. The zero-order valence-electron chi connectivity index (χ0n) is 16.5. The van der Waals surface area contributed by atoms with Crippen molar-refractivity contribution in [3.05, 3.63) is 59.7 Å². The molecule has 0 saturated carbocycles. The lowest BCUT2D eigenvalue weighted by Crippen LogP contribution is -2.43. The van der Waals surface area contributed by atoms with E-state index in [9.17, 15) is 21.6 Å². The summed E-state index contributed by atoms with van der Waals surface area (Å²) in [6.07, 6.45) is -4.82. The Morgan fingerprint density at radius 3 is 2.07 bits per heavy atom. The predicted octanol–water partition coefficient (Wildman–Crippen LogP) is 2.81. The molecule has 6 nitrogen and oxygen atoms in total. The molecule has 1 saturated heterocycles. The fourth-order valence-corrected chi connectivity index (χ4v) is 4.13. The van der Waals surface area contributed by atoms with Gasteiger partial charge in [-0.1, -0.05) is 24.3 Å². The van der Waals surface area contributed by atoms with Crippen molar-refractivity contribution < 1.29 is 26.3 Å². The van der Waals surface area contributed by atoms with Gasteiger partial charge in [-0.25, -0.2) is 13.1 Å². The summed E-state index contributed by atoms with van der Waals surface area (Å²) < 4.78 is 67.6. The highest BCUT2D eigenvalue weighted by molar-refractivity contribution is 7.89. The van der Waals surface area contributed by atoms with Gasteiger partial charge >= 0.3 is 6.36 Å². The van der Waals surface area contributed by atoms with Gasteiger partial charge < -0.3 is 9.64 Å². The zero-order chi connectivity index (χ0) is 21.8.